The number of anilines is 2. The van der Waals surface area contributed by atoms with E-state index in [-0.39, 0.29) is 60.9 Å². The first kappa shape index (κ1) is 29.2. The highest BCUT2D eigenvalue weighted by atomic mass is 16.5. The molecule has 2 atom stereocenters. The zero-order valence-electron chi connectivity index (χ0n) is 23.7. The first-order valence-corrected chi connectivity index (χ1v) is 14.2. The molecular formula is C32H30N4O8. The third-order valence-corrected chi connectivity index (χ3v) is 7.92. The maximum absolute atomic E-state index is 12.9. The number of hydrogen-bond donors (Lipinski definition) is 2. The lowest BCUT2D eigenvalue weighted by molar-refractivity contribution is -0.125. The number of ether oxygens (including phenoxy) is 1. The molecule has 0 radical (unpaired) electrons. The van der Waals surface area contributed by atoms with Gasteiger partial charge in [0.25, 0.3) is 29.5 Å². The number of benzene rings is 3. The molecule has 5 amide bonds. The number of nitrogens with zero attached hydrogens (tertiary/aromatic N) is 4. The second-order valence-electron chi connectivity index (χ2n) is 10.9. The second-order valence-corrected chi connectivity index (χ2v) is 10.9. The van der Waals surface area contributed by atoms with Crippen molar-refractivity contribution in [2.45, 2.75) is 12.2 Å². The van der Waals surface area contributed by atoms with E-state index in [0.717, 1.165) is 9.80 Å². The third kappa shape index (κ3) is 5.46. The Balaban J connectivity index is 1.19. The first-order valence-electron chi connectivity index (χ1n) is 14.2. The van der Waals surface area contributed by atoms with Crippen LogP contribution in [0, 0.1) is 0 Å². The number of imide groups is 2. The van der Waals surface area contributed by atoms with Gasteiger partial charge in [-0.3, -0.25) is 33.8 Å². The van der Waals surface area contributed by atoms with Crippen molar-refractivity contribution in [1.82, 2.24) is 9.80 Å². The molecule has 226 valence electrons. The predicted molar refractivity (Wildman–Crippen MR) is 157 cm³/mol. The van der Waals surface area contributed by atoms with E-state index >= 15 is 0 Å². The molecular weight excluding hydrogens is 568 g/mol. The van der Waals surface area contributed by atoms with Gasteiger partial charge in [-0.25, -0.2) is 0 Å². The molecule has 0 aromatic heterocycles. The molecule has 0 spiro atoms. The van der Waals surface area contributed by atoms with Crippen molar-refractivity contribution in [3.63, 3.8) is 0 Å². The van der Waals surface area contributed by atoms with Crippen LogP contribution in [0.3, 0.4) is 0 Å². The molecule has 0 bridgehead atoms. The monoisotopic (exact) mass is 598 g/mol. The highest BCUT2D eigenvalue weighted by Crippen LogP contribution is 2.26. The first-order chi connectivity index (χ1) is 21.2. The topological polar surface area (TPSA) is 148 Å². The van der Waals surface area contributed by atoms with E-state index < -0.39 is 35.8 Å². The molecule has 1 saturated heterocycles. The average Bonchev–Trinajstić information content (AvgIpc) is 3.41. The van der Waals surface area contributed by atoms with Crippen LogP contribution in [0.15, 0.2) is 72.8 Å². The number of carbonyl (C=O) groups excluding carboxylic acids is 5. The largest absolute Gasteiger partial charge is 0.389 e. The number of morpholine rings is 1. The summed E-state index contributed by atoms with van der Waals surface area (Å²) >= 11 is 0. The SMILES string of the molecule is O=C1c2ccccc2C(=O)N1CC(O)CN(CC(O)CN1C(=O)c2ccccc2C1=O)c1ccc(N2CCOCC2=O)cc1. The van der Waals surface area contributed by atoms with Crippen molar-refractivity contribution in [3.8, 4) is 0 Å². The Kier molecular flexibility index (Phi) is 7.95. The maximum atomic E-state index is 12.9. The summed E-state index contributed by atoms with van der Waals surface area (Å²) in [5.41, 5.74) is 2.30. The minimum Gasteiger partial charge on any atom is -0.389 e. The van der Waals surface area contributed by atoms with Crippen molar-refractivity contribution < 1.29 is 38.9 Å². The molecule has 1 fully saturated rings. The molecule has 2 unspecified atom stereocenters. The molecule has 0 saturated carbocycles. The van der Waals surface area contributed by atoms with Crippen molar-refractivity contribution in [2.24, 2.45) is 0 Å². The van der Waals surface area contributed by atoms with Crippen LogP contribution in [0.4, 0.5) is 11.4 Å². The third-order valence-electron chi connectivity index (χ3n) is 7.92. The summed E-state index contributed by atoms with van der Waals surface area (Å²) in [6.07, 6.45) is -2.41. The standard InChI is InChI=1S/C32H30N4O8/c37-22(17-35-29(40)24-5-1-2-6-25(24)30(35)41)15-33(20-9-11-21(12-10-20)34-13-14-44-19-28(34)39)16-23(38)18-36-31(42)26-7-3-4-8-27(26)32(36)43/h1-12,22-23,37-38H,13-19H2. The summed E-state index contributed by atoms with van der Waals surface area (Å²) in [5, 5.41) is 22.2. The fraction of sp³-hybridized carbons (Fsp3) is 0.281. The van der Waals surface area contributed by atoms with Gasteiger partial charge in [0, 0.05) is 31.0 Å². The number of fused-ring (bicyclic) bond motifs is 2. The van der Waals surface area contributed by atoms with Crippen molar-refractivity contribution in [1.29, 1.82) is 0 Å². The van der Waals surface area contributed by atoms with Crippen molar-refractivity contribution >= 4 is 40.9 Å². The summed E-state index contributed by atoms with van der Waals surface area (Å²) in [6.45, 7) is 0.0512. The summed E-state index contributed by atoms with van der Waals surface area (Å²) < 4.78 is 5.20. The zero-order valence-corrected chi connectivity index (χ0v) is 23.7. The van der Waals surface area contributed by atoms with Crippen LogP contribution in [0.25, 0.3) is 0 Å². The van der Waals surface area contributed by atoms with Crippen LogP contribution < -0.4 is 9.80 Å². The summed E-state index contributed by atoms with van der Waals surface area (Å²) in [4.78, 5) is 69.0. The van der Waals surface area contributed by atoms with Gasteiger partial charge in [-0.15, -0.1) is 0 Å². The molecule has 12 nitrogen and oxygen atoms in total. The molecule has 2 N–H and O–H groups in total. The Labute approximate surface area is 252 Å². The lowest BCUT2D eigenvalue weighted by Crippen LogP contribution is -2.47. The number of hydrogen-bond acceptors (Lipinski definition) is 9. The predicted octanol–water partition coefficient (Wildman–Crippen LogP) is 1.17. The van der Waals surface area contributed by atoms with E-state index in [9.17, 15) is 34.2 Å². The van der Waals surface area contributed by atoms with Gasteiger partial charge in [-0.05, 0) is 48.5 Å². The highest BCUT2D eigenvalue weighted by molar-refractivity contribution is 6.22. The van der Waals surface area contributed by atoms with Crippen LogP contribution in [0.5, 0.6) is 0 Å². The van der Waals surface area contributed by atoms with Crippen LogP contribution in [0.1, 0.15) is 41.4 Å². The smallest absolute Gasteiger partial charge is 0.261 e. The van der Waals surface area contributed by atoms with Gasteiger partial charge < -0.3 is 24.7 Å². The molecule has 6 rings (SSSR count). The Bertz CT molecular complexity index is 1490. The molecule has 3 heterocycles. The number of carbonyl (C=O) groups is 5. The van der Waals surface area contributed by atoms with Gasteiger partial charge in [0.05, 0.1) is 54.2 Å². The van der Waals surface area contributed by atoms with E-state index in [1.807, 2.05) is 0 Å². The zero-order chi connectivity index (χ0) is 31.0. The number of aliphatic hydroxyl groups excluding tert-OH is 2. The van der Waals surface area contributed by atoms with Gasteiger partial charge >= 0.3 is 0 Å². The van der Waals surface area contributed by atoms with Crippen LogP contribution in [0.2, 0.25) is 0 Å². The van der Waals surface area contributed by atoms with E-state index in [1.54, 1.807) is 82.6 Å². The Morgan fingerprint density at radius 1 is 0.659 bits per heavy atom. The highest BCUT2D eigenvalue weighted by Gasteiger charge is 2.38. The van der Waals surface area contributed by atoms with E-state index in [4.69, 9.17) is 4.74 Å². The van der Waals surface area contributed by atoms with Gasteiger partial charge in [0.15, 0.2) is 0 Å². The van der Waals surface area contributed by atoms with Gasteiger partial charge in [-0.1, -0.05) is 24.3 Å². The van der Waals surface area contributed by atoms with Crippen LogP contribution in [-0.2, 0) is 9.53 Å². The number of aliphatic hydroxyl groups is 2. The van der Waals surface area contributed by atoms with Gasteiger partial charge in [-0.2, -0.15) is 0 Å². The minimum atomic E-state index is -1.20. The summed E-state index contributed by atoms with van der Waals surface area (Å²) in [6, 6.07) is 19.8. The number of amides is 5. The molecule has 3 aromatic rings. The normalized spacial score (nSPS) is 17.7. The van der Waals surface area contributed by atoms with Gasteiger partial charge in [0.1, 0.15) is 6.61 Å². The Hall–Kier alpha value is -4.91. The Morgan fingerprint density at radius 2 is 1.09 bits per heavy atom. The fourth-order valence-electron chi connectivity index (χ4n) is 5.78. The molecule has 3 aliphatic rings. The van der Waals surface area contributed by atoms with Crippen LogP contribution in [-0.4, -0.2) is 108 Å². The molecule has 3 aliphatic heterocycles. The number of rotatable bonds is 10. The van der Waals surface area contributed by atoms with E-state index in [0.29, 0.717) is 24.5 Å². The summed E-state index contributed by atoms with van der Waals surface area (Å²) in [5.74, 6) is -2.17. The van der Waals surface area contributed by atoms with E-state index in [1.165, 1.54) is 0 Å². The fourth-order valence-corrected chi connectivity index (χ4v) is 5.78. The van der Waals surface area contributed by atoms with Gasteiger partial charge in [0.2, 0.25) is 0 Å². The van der Waals surface area contributed by atoms with Crippen molar-refractivity contribution in [2.75, 3.05) is 55.7 Å². The lowest BCUT2D eigenvalue weighted by atomic mass is 10.1. The minimum absolute atomic E-state index is 0.0120. The van der Waals surface area contributed by atoms with Crippen molar-refractivity contribution in [3.05, 3.63) is 95.1 Å². The quantitative estimate of drug-likeness (QED) is 0.328. The number of β-amino-alcohol motifs (C(OH)–C–C–N with tert-alkyl or cyclic N) is 2. The van der Waals surface area contributed by atoms with Crippen LogP contribution >= 0.6 is 0 Å². The lowest BCUT2D eigenvalue weighted by Gasteiger charge is -2.32. The molecule has 12 heteroatoms. The van der Waals surface area contributed by atoms with E-state index in [2.05, 4.69) is 0 Å². The second kappa shape index (κ2) is 12.0. The molecule has 44 heavy (non-hydrogen) atoms. The maximum Gasteiger partial charge on any atom is 0.261 e. The molecule has 0 aliphatic carbocycles. The Morgan fingerprint density at radius 3 is 1.50 bits per heavy atom. The average molecular weight is 599 g/mol. The summed E-state index contributed by atoms with van der Waals surface area (Å²) in [7, 11) is 0. The molecule has 3 aromatic carbocycles.